The molecule has 1 saturated heterocycles. The molecular weight excluding hydrogens is 312 g/mol. The van der Waals surface area contributed by atoms with Crippen LogP contribution >= 0.6 is 11.7 Å². The van der Waals surface area contributed by atoms with Crippen LogP contribution in [0.25, 0.3) is 0 Å². The summed E-state index contributed by atoms with van der Waals surface area (Å²) in [5.74, 6) is 1.76. The fourth-order valence-electron chi connectivity index (χ4n) is 2.57. The number of hydrogen-bond acceptors (Lipinski definition) is 6. The van der Waals surface area contributed by atoms with Crippen molar-refractivity contribution in [2.24, 2.45) is 0 Å². The molecule has 1 aromatic carbocycles. The third kappa shape index (κ3) is 3.79. The highest BCUT2D eigenvalue weighted by Crippen LogP contribution is 2.18. The predicted octanol–water partition coefficient (Wildman–Crippen LogP) is 2.29. The van der Waals surface area contributed by atoms with E-state index in [9.17, 15) is 4.79 Å². The van der Waals surface area contributed by atoms with E-state index in [1.165, 1.54) is 11.7 Å². The van der Waals surface area contributed by atoms with Crippen LogP contribution in [-0.2, 0) is 0 Å². The molecule has 3 rings (SSSR count). The molecule has 0 N–H and O–H groups in total. The zero-order valence-electron chi connectivity index (χ0n) is 13.3. The second-order valence-corrected chi connectivity index (χ2v) is 6.29. The van der Waals surface area contributed by atoms with Gasteiger partial charge in [-0.3, -0.25) is 4.79 Å². The van der Waals surface area contributed by atoms with Gasteiger partial charge in [0.2, 0.25) is 0 Å². The molecule has 0 aliphatic carbocycles. The number of aromatic nitrogens is 2. The summed E-state index contributed by atoms with van der Waals surface area (Å²) in [5, 5.41) is 0. The largest absolute Gasteiger partial charge is 0.491 e. The molecule has 2 aromatic rings. The van der Waals surface area contributed by atoms with Crippen LogP contribution in [0.5, 0.6) is 5.75 Å². The van der Waals surface area contributed by atoms with E-state index in [-0.39, 0.29) is 12.0 Å². The smallest absolute Gasteiger partial charge is 0.253 e. The van der Waals surface area contributed by atoms with Gasteiger partial charge in [-0.2, -0.15) is 8.75 Å². The van der Waals surface area contributed by atoms with Crippen LogP contribution in [0.3, 0.4) is 0 Å². The van der Waals surface area contributed by atoms with E-state index < -0.39 is 0 Å². The Morgan fingerprint density at radius 3 is 2.43 bits per heavy atom. The Hall–Kier alpha value is -2.15. The van der Waals surface area contributed by atoms with Crippen LogP contribution in [0, 0.1) is 0 Å². The fraction of sp³-hybridized carbons (Fsp3) is 0.438. The number of piperazine rings is 1. The number of rotatable bonds is 4. The summed E-state index contributed by atoms with van der Waals surface area (Å²) in [4.78, 5) is 16.6. The first-order chi connectivity index (χ1) is 11.1. The Morgan fingerprint density at radius 1 is 1.17 bits per heavy atom. The lowest BCUT2D eigenvalue weighted by Crippen LogP contribution is -2.48. The standard InChI is InChI=1S/C16H20N4O2S/c1-12(2)22-14-5-3-13(4-6-14)16(21)20-9-7-19(8-10-20)15-11-17-23-18-15/h3-6,11-12H,7-10H2,1-2H3. The van der Waals surface area contributed by atoms with Crippen molar-refractivity contribution in [2.75, 3.05) is 31.1 Å². The molecule has 1 aromatic heterocycles. The number of carbonyl (C=O) groups excluding carboxylic acids is 1. The lowest BCUT2D eigenvalue weighted by molar-refractivity contribution is 0.0746. The van der Waals surface area contributed by atoms with Crippen molar-refractivity contribution < 1.29 is 9.53 Å². The summed E-state index contributed by atoms with van der Waals surface area (Å²) in [7, 11) is 0. The van der Waals surface area contributed by atoms with Gasteiger partial charge < -0.3 is 14.5 Å². The molecular formula is C16H20N4O2S. The van der Waals surface area contributed by atoms with Gasteiger partial charge in [0.15, 0.2) is 5.82 Å². The highest BCUT2D eigenvalue weighted by atomic mass is 32.1. The molecule has 0 saturated carbocycles. The highest BCUT2D eigenvalue weighted by molar-refractivity contribution is 6.99. The maximum absolute atomic E-state index is 12.6. The van der Waals surface area contributed by atoms with Crippen molar-refractivity contribution in [3.63, 3.8) is 0 Å². The van der Waals surface area contributed by atoms with E-state index in [1.54, 1.807) is 6.20 Å². The predicted molar refractivity (Wildman–Crippen MR) is 90.2 cm³/mol. The number of benzene rings is 1. The monoisotopic (exact) mass is 332 g/mol. The van der Waals surface area contributed by atoms with Crippen LogP contribution < -0.4 is 9.64 Å². The molecule has 7 heteroatoms. The normalized spacial score (nSPS) is 15.1. The van der Waals surface area contributed by atoms with Gasteiger partial charge in [0.05, 0.1) is 24.0 Å². The maximum Gasteiger partial charge on any atom is 0.253 e. The van der Waals surface area contributed by atoms with Crippen LogP contribution in [0.4, 0.5) is 5.82 Å². The molecule has 2 heterocycles. The lowest BCUT2D eigenvalue weighted by Gasteiger charge is -2.34. The topological polar surface area (TPSA) is 58.6 Å². The van der Waals surface area contributed by atoms with Gasteiger partial charge in [-0.05, 0) is 38.1 Å². The quantitative estimate of drug-likeness (QED) is 0.860. The first-order valence-electron chi connectivity index (χ1n) is 7.72. The summed E-state index contributed by atoms with van der Waals surface area (Å²) in [5.41, 5.74) is 0.699. The summed E-state index contributed by atoms with van der Waals surface area (Å²) < 4.78 is 13.9. The van der Waals surface area contributed by atoms with E-state index >= 15 is 0 Å². The minimum absolute atomic E-state index is 0.0668. The molecule has 1 amide bonds. The summed E-state index contributed by atoms with van der Waals surface area (Å²) in [6.07, 6.45) is 1.90. The summed E-state index contributed by atoms with van der Waals surface area (Å²) >= 11 is 1.21. The van der Waals surface area contributed by atoms with Crippen molar-refractivity contribution in [3.8, 4) is 5.75 Å². The molecule has 6 nitrogen and oxygen atoms in total. The number of anilines is 1. The van der Waals surface area contributed by atoms with Crippen molar-refractivity contribution in [1.29, 1.82) is 0 Å². The SMILES string of the molecule is CC(C)Oc1ccc(C(=O)N2CCN(c3cnsn3)CC2)cc1. The van der Waals surface area contributed by atoms with Gasteiger partial charge in [-0.15, -0.1) is 0 Å². The number of amides is 1. The summed E-state index contributed by atoms with van der Waals surface area (Å²) in [6, 6.07) is 7.36. The Morgan fingerprint density at radius 2 is 1.87 bits per heavy atom. The highest BCUT2D eigenvalue weighted by Gasteiger charge is 2.23. The average molecular weight is 332 g/mol. The van der Waals surface area contributed by atoms with Crippen LogP contribution in [0.2, 0.25) is 0 Å². The molecule has 0 unspecified atom stereocenters. The van der Waals surface area contributed by atoms with E-state index in [1.807, 2.05) is 43.0 Å². The van der Waals surface area contributed by atoms with Crippen molar-refractivity contribution in [1.82, 2.24) is 13.6 Å². The Labute approximate surface area is 140 Å². The summed E-state index contributed by atoms with van der Waals surface area (Å²) in [6.45, 7) is 6.92. The van der Waals surface area contributed by atoms with E-state index in [0.29, 0.717) is 18.7 Å². The van der Waals surface area contributed by atoms with Gasteiger partial charge in [-0.1, -0.05) is 0 Å². The Kier molecular flexibility index (Phi) is 4.76. The lowest BCUT2D eigenvalue weighted by atomic mass is 10.1. The maximum atomic E-state index is 12.6. The molecule has 122 valence electrons. The van der Waals surface area contributed by atoms with E-state index in [0.717, 1.165) is 24.7 Å². The molecule has 1 aliphatic heterocycles. The first kappa shape index (κ1) is 15.7. The van der Waals surface area contributed by atoms with Crippen molar-refractivity contribution >= 4 is 23.5 Å². The molecule has 0 radical (unpaired) electrons. The van der Waals surface area contributed by atoms with E-state index in [4.69, 9.17) is 4.74 Å². The van der Waals surface area contributed by atoms with Gasteiger partial charge in [-0.25, -0.2) is 0 Å². The van der Waals surface area contributed by atoms with Gasteiger partial charge in [0, 0.05) is 31.7 Å². The molecule has 1 aliphatic rings. The van der Waals surface area contributed by atoms with Gasteiger partial charge in [0.1, 0.15) is 5.75 Å². The minimum atomic E-state index is 0.0668. The third-order valence-corrected chi connectivity index (χ3v) is 4.18. The molecule has 23 heavy (non-hydrogen) atoms. The first-order valence-corrected chi connectivity index (χ1v) is 8.45. The van der Waals surface area contributed by atoms with Gasteiger partial charge in [0.25, 0.3) is 5.91 Å². The van der Waals surface area contributed by atoms with Crippen LogP contribution in [-0.4, -0.2) is 51.8 Å². The second-order valence-electron chi connectivity index (χ2n) is 5.74. The molecule has 0 atom stereocenters. The zero-order valence-corrected chi connectivity index (χ0v) is 14.1. The van der Waals surface area contributed by atoms with Crippen molar-refractivity contribution in [2.45, 2.75) is 20.0 Å². The minimum Gasteiger partial charge on any atom is -0.491 e. The van der Waals surface area contributed by atoms with Crippen LogP contribution in [0.15, 0.2) is 30.5 Å². The number of hydrogen-bond donors (Lipinski definition) is 0. The number of ether oxygens (including phenoxy) is 1. The zero-order chi connectivity index (χ0) is 16.2. The Balaban J connectivity index is 1.58. The fourth-order valence-corrected chi connectivity index (χ4v) is 3.00. The Bertz CT molecular complexity index is 635. The number of carbonyl (C=O) groups is 1. The molecule has 0 bridgehead atoms. The number of nitrogens with zero attached hydrogens (tertiary/aromatic N) is 4. The van der Waals surface area contributed by atoms with Crippen molar-refractivity contribution in [3.05, 3.63) is 36.0 Å². The van der Waals surface area contributed by atoms with E-state index in [2.05, 4.69) is 13.6 Å². The third-order valence-electron chi connectivity index (χ3n) is 3.71. The molecule has 0 spiro atoms. The average Bonchev–Trinajstić information content (AvgIpc) is 3.09. The second kappa shape index (κ2) is 6.95. The van der Waals surface area contributed by atoms with Crippen LogP contribution in [0.1, 0.15) is 24.2 Å². The van der Waals surface area contributed by atoms with Gasteiger partial charge >= 0.3 is 0 Å². The molecule has 1 fully saturated rings.